The van der Waals surface area contributed by atoms with Crippen molar-refractivity contribution in [2.45, 2.75) is 31.9 Å². The van der Waals surface area contributed by atoms with E-state index in [2.05, 4.69) is 0 Å². The van der Waals surface area contributed by atoms with Gasteiger partial charge in [-0.1, -0.05) is 29.8 Å². The van der Waals surface area contributed by atoms with E-state index in [-0.39, 0.29) is 25.3 Å². The average molecular weight is 263 g/mol. The number of carboxylic acid groups (broad SMARTS) is 1. The number of hydrogen-bond acceptors (Lipinski definition) is 3. The van der Waals surface area contributed by atoms with Gasteiger partial charge in [-0.25, -0.2) is 4.79 Å². The number of aliphatic hydroxyl groups excluding tert-OH is 1. The molecule has 1 unspecified atom stereocenters. The maximum absolute atomic E-state index is 12.1. The second-order valence-electron chi connectivity index (χ2n) is 4.95. The van der Waals surface area contributed by atoms with Gasteiger partial charge in [-0.15, -0.1) is 0 Å². The highest BCUT2D eigenvalue weighted by Gasteiger charge is 2.38. The van der Waals surface area contributed by atoms with Crippen LogP contribution in [0.4, 0.5) is 0 Å². The number of carboxylic acids is 1. The molecule has 2 N–H and O–H groups in total. The van der Waals surface area contributed by atoms with Gasteiger partial charge in [0.25, 0.3) is 0 Å². The number of nitrogens with zero attached hydrogens (tertiary/aromatic N) is 1. The van der Waals surface area contributed by atoms with Crippen molar-refractivity contribution in [3.8, 4) is 0 Å². The van der Waals surface area contributed by atoms with Crippen LogP contribution in [-0.2, 0) is 16.0 Å². The second-order valence-corrected chi connectivity index (χ2v) is 4.95. The lowest BCUT2D eigenvalue weighted by atomic mass is 10.1. The van der Waals surface area contributed by atoms with Crippen LogP contribution in [-0.4, -0.2) is 45.7 Å². The van der Waals surface area contributed by atoms with E-state index in [4.69, 9.17) is 5.11 Å². The lowest BCUT2D eigenvalue weighted by Crippen LogP contribution is -2.41. The molecular weight excluding hydrogens is 246 g/mol. The van der Waals surface area contributed by atoms with E-state index in [0.29, 0.717) is 0 Å². The molecule has 0 bridgehead atoms. The Hall–Kier alpha value is -1.88. The van der Waals surface area contributed by atoms with Crippen LogP contribution in [0.25, 0.3) is 0 Å². The van der Waals surface area contributed by atoms with Crippen molar-refractivity contribution in [2.24, 2.45) is 0 Å². The van der Waals surface area contributed by atoms with Crippen molar-refractivity contribution in [3.05, 3.63) is 35.4 Å². The summed E-state index contributed by atoms with van der Waals surface area (Å²) in [5.74, 6) is -1.32. The van der Waals surface area contributed by atoms with Crippen LogP contribution in [0.3, 0.4) is 0 Å². The first-order valence-corrected chi connectivity index (χ1v) is 6.23. The Kier molecular flexibility index (Phi) is 3.85. The molecule has 1 amide bonds. The van der Waals surface area contributed by atoms with E-state index in [9.17, 15) is 14.7 Å². The van der Waals surface area contributed by atoms with Crippen LogP contribution >= 0.6 is 0 Å². The summed E-state index contributed by atoms with van der Waals surface area (Å²) in [5.41, 5.74) is 1.96. The minimum Gasteiger partial charge on any atom is -0.480 e. The summed E-state index contributed by atoms with van der Waals surface area (Å²) in [6.45, 7) is 2.06. The quantitative estimate of drug-likeness (QED) is 0.836. The fourth-order valence-electron chi connectivity index (χ4n) is 2.31. The van der Waals surface area contributed by atoms with Gasteiger partial charge < -0.3 is 15.1 Å². The molecule has 1 aliphatic rings. The zero-order chi connectivity index (χ0) is 14.0. The van der Waals surface area contributed by atoms with Gasteiger partial charge in [0.15, 0.2) is 0 Å². The molecule has 5 nitrogen and oxygen atoms in total. The highest BCUT2D eigenvalue weighted by atomic mass is 16.4. The van der Waals surface area contributed by atoms with E-state index in [1.807, 2.05) is 31.2 Å². The number of carbonyl (C=O) groups excluding carboxylic acids is 1. The van der Waals surface area contributed by atoms with Crippen LogP contribution in [0, 0.1) is 6.92 Å². The molecule has 19 heavy (non-hydrogen) atoms. The summed E-state index contributed by atoms with van der Waals surface area (Å²) >= 11 is 0. The minimum absolute atomic E-state index is 0.0989. The minimum atomic E-state index is -1.06. The van der Waals surface area contributed by atoms with Crippen molar-refractivity contribution in [2.75, 3.05) is 6.54 Å². The number of hydrogen-bond donors (Lipinski definition) is 2. The van der Waals surface area contributed by atoms with Crippen molar-refractivity contribution in [1.82, 2.24) is 4.90 Å². The Morgan fingerprint density at radius 3 is 2.53 bits per heavy atom. The summed E-state index contributed by atoms with van der Waals surface area (Å²) in [4.78, 5) is 24.4. The smallest absolute Gasteiger partial charge is 0.326 e. The molecule has 2 atom stereocenters. The predicted molar refractivity (Wildman–Crippen MR) is 68.6 cm³/mol. The molecular formula is C14H17NO4. The molecule has 1 aromatic rings. The van der Waals surface area contributed by atoms with E-state index >= 15 is 0 Å². The second kappa shape index (κ2) is 5.40. The standard InChI is InChI=1S/C14H17NO4/c1-9-2-4-10(5-3-9)6-13(17)15-8-11(16)7-12(15)14(18)19/h2-5,11-12,16H,6-8H2,1H3,(H,18,19)/t11?,12-/m0/s1. The molecule has 0 aromatic heterocycles. The average Bonchev–Trinajstić information content (AvgIpc) is 2.74. The molecule has 1 saturated heterocycles. The van der Waals surface area contributed by atoms with Gasteiger partial charge in [0.2, 0.25) is 5.91 Å². The van der Waals surface area contributed by atoms with Crippen LogP contribution in [0.2, 0.25) is 0 Å². The molecule has 1 aromatic carbocycles. The van der Waals surface area contributed by atoms with Crippen molar-refractivity contribution in [1.29, 1.82) is 0 Å². The molecule has 102 valence electrons. The molecule has 0 saturated carbocycles. The monoisotopic (exact) mass is 263 g/mol. The zero-order valence-electron chi connectivity index (χ0n) is 10.7. The number of carbonyl (C=O) groups is 2. The summed E-state index contributed by atoms with van der Waals surface area (Å²) in [6.07, 6.45) is -0.478. The molecule has 0 radical (unpaired) electrons. The first-order chi connectivity index (χ1) is 8.97. The number of aliphatic hydroxyl groups is 1. The van der Waals surface area contributed by atoms with E-state index in [0.717, 1.165) is 11.1 Å². The SMILES string of the molecule is Cc1ccc(CC(=O)N2CC(O)C[C@H]2C(=O)O)cc1. The van der Waals surface area contributed by atoms with E-state index < -0.39 is 18.1 Å². The molecule has 0 spiro atoms. The summed E-state index contributed by atoms with van der Waals surface area (Å²) in [5, 5.41) is 18.6. The van der Waals surface area contributed by atoms with Crippen LogP contribution in [0.5, 0.6) is 0 Å². The van der Waals surface area contributed by atoms with Crippen LogP contribution in [0.15, 0.2) is 24.3 Å². The number of rotatable bonds is 3. The van der Waals surface area contributed by atoms with Crippen molar-refractivity contribution >= 4 is 11.9 Å². The highest BCUT2D eigenvalue weighted by Crippen LogP contribution is 2.19. The van der Waals surface area contributed by atoms with E-state index in [1.165, 1.54) is 4.90 Å². The van der Waals surface area contributed by atoms with Gasteiger partial charge in [-0.2, -0.15) is 0 Å². The van der Waals surface area contributed by atoms with Gasteiger partial charge in [-0.05, 0) is 12.5 Å². The third-order valence-corrected chi connectivity index (χ3v) is 3.36. The zero-order valence-corrected chi connectivity index (χ0v) is 10.7. The molecule has 1 fully saturated rings. The van der Waals surface area contributed by atoms with Gasteiger partial charge in [0.1, 0.15) is 6.04 Å². The first-order valence-electron chi connectivity index (χ1n) is 6.23. The molecule has 5 heteroatoms. The van der Waals surface area contributed by atoms with Crippen molar-refractivity contribution in [3.63, 3.8) is 0 Å². The van der Waals surface area contributed by atoms with Crippen LogP contribution < -0.4 is 0 Å². The van der Waals surface area contributed by atoms with Crippen molar-refractivity contribution < 1.29 is 19.8 Å². The normalized spacial score (nSPS) is 22.5. The number of aryl methyl sites for hydroxylation is 1. The number of likely N-dealkylation sites (tertiary alicyclic amines) is 1. The largest absolute Gasteiger partial charge is 0.480 e. The predicted octanol–water partition coefficient (Wildman–Crippen LogP) is 0.584. The number of β-amino-alcohol motifs (C(OH)–C–C–N with tert-alkyl or cyclic N) is 1. The highest BCUT2D eigenvalue weighted by molar-refractivity contribution is 5.85. The topological polar surface area (TPSA) is 77.8 Å². The Morgan fingerprint density at radius 2 is 1.95 bits per heavy atom. The van der Waals surface area contributed by atoms with Gasteiger partial charge in [0.05, 0.1) is 12.5 Å². The van der Waals surface area contributed by atoms with Gasteiger partial charge in [0, 0.05) is 13.0 Å². The third kappa shape index (κ3) is 3.12. The number of benzene rings is 1. The fraction of sp³-hybridized carbons (Fsp3) is 0.429. The Morgan fingerprint density at radius 1 is 1.32 bits per heavy atom. The lowest BCUT2D eigenvalue weighted by molar-refractivity contribution is -0.148. The van der Waals surface area contributed by atoms with E-state index in [1.54, 1.807) is 0 Å². The Labute approximate surface area is 111 Å². The first kappa shape index (κ1) is 13.5. The molecule has 2 rings (SSSR count). The maximum Gasteiger partial charge on any atom is 0.326 e. The molecule has 0 aliphatic carbocycles. The lowest BCUT2D eigenvalue weighted by Gasteiger charge is -2.21. The number of amides is 1. The molecule has 1 aliphatic heterocycles. The summed E-state index contributed by atoms with van der Waals surface area (Å²) in [7, 11) is 0. The maximum atomic E-state index is 12.1. The van der Waals surface area contributed by atoms with Crippen LogP contribution in [0.1, 0.15) is 17.5 Å². The fourth-order valence-corrected chi connectivity index (χ4v) is 2.31. The number of aliphatic carboxylic acids is 1. The Balaban J connectivity index is 2.06. The molecule has 1 heterocycles. The summed E-state index contributed by atoms with van der Waals surface area (Å²) in [6, 6.07) is 6.63. The Bertz CT molecular complexity index is 483. The summed E-state index contributed by atoms with van der Waals surface area (Å²) < 4.78 is 0. The van der Waals surface area contributed by atoms with Gasteiger partial charge >= 0.3 is 5.97 Å². The van der Waals surface area contributed by atoms with Gasteiger partial charge in [-0.3, -0.25) is 4.79 Å². The third-order valence-electron chi connectivity index (χ3n) is 3.36.